The minimum atomic E-state index is -0.164. The largest absolute Gasteiger partial charge is 0.373 e. The van der Waals surface area contributed by atoms with Gasteiger partial charge in [0.15, 0.2) is 0 Å². The highest BCUT2D eigenvalue weighted by molar-refractivity contribution is 5.75. The van der Waals surface area contributed by atoms with E-state index in [9.17, 15) is 4.79 Å². The summed E-state index contributed by atoms with van der Waals surface area (Å²) in [6.07, 6.45) is 6.17. The van der Waals surface area contributed by atoms with Gasteiger partial charge < -0.3 is 15.0 Å². The van der Waals surface area contributed by atoms with Crippen molar-refractivity contribution < 1.29 is 4.74 Å². The number of hydrogen-bond donors (Lipinski definition) is 1. The summed E-state index contributed by atoms with van der Waals surface area (Å²) in [6.45, 7) is 1.17. The van der Waals surface area contributed by atoms with Gasteiger partial charge in [0.1, 0.15) is 6.07 Å². The van der Waals surface area contributed by atoms with Crippen LogP contribution in [0.5, 0.6) is 0 Å². The molecule has 1 saturated carbocycles. The highest BCUT2D eigenvalue weighted by atomic mass is 16.5. The molecule has 0 amide bonds. The van der Waals surface area contributed by atoms with Crippen LogP contribution in [0.1, 0.15) is 37.7 Å². The average molecular weight is 324 g/mol. The molecule has 2 aliphatic heterocycles. The van der Waals surface area contributed by atoms with Gasteiger partial charge in [-0.3, -0.25) is 9.78 Å². The average Bonchev–Trinajstić information content (AvgIpc) is 2.62. The predicted molar refractivity (Wildman–Crippen MR) is 89.4 cm³/mol. The third kappa shape index (κ3) is 2.50. The molecule has 0 radical (unpaired) electrons. The van der Waals surface area contributed by atoms with Crippen molar-refractivity contribution >= 4 is 11.0 Å². The molecule has 0 atom stereocenters. The fraction of sp³-hybridized carbons (Fsp3) is 0.500. The molecule has 124 valence electrons. The Bertz CT molecular complexity index is 871. The zero-order valence-corrected chi connectivity index (χ0v) is 13.5. The molecule has 0 aromatic carbocycles. The molecule has 2 bridgehead atoms. The van der Waals surface area contributed by atoms with Gasteiger partial charge in [-0.05, 0) is 44.2 Å². The van der Waals surface area contributed by atoms with Crippen molar-refractivity contribution in [2.24, 2.45) is 5.73 Å². The molecule has 3 fully saturated rings. The number of ether oxygens (including phenoxy) is 1. The lowest BCUT2D eigenvalue weighted by atomic mass is 9.70. The fourth-order valence-corrected chi connectivity index (χ4v) is 3.89. The maximum absolute atomic E-state index is 12.4. The molecule has 3 aliphatic rings. The number of hydrogen-bond acceptors (Lipinski definition) is 5. The second-order valence-corrected chi connectivity index (χ2v) is 7.15. The Morgan fingerprint density at radius 3 is 2.79 bits per heavy atom. The van der Waals surface area contributed by atoms with Crippen LogP contribution < -0.4 is 11.3 Å². The lowest BCUT2D eigenvalue weighted by Crippen LogP contribution is -2.59. The van der Waals surface area contributed by atoms with Gasteiger partial charge in [-0.2, -0.15) is 5.26 Å². The van der Waals surface area contributed by atoms with Crippen LogP contribution in [0.2, 0.25) is 0 Å². The van der Waals surface area contributed by atoms with Crippen molar-refractivity contribution in [2.75, 3.05) is 6.61 Å². The summed E-state index contributed by atoms with van der Waals surface area (Å²) in [5.74, 6) is 0. The van der Waals surface area contributed by atoms with Gasteiger partial charge in [0.25, 0.3) is 5.56 Å². The summed E-state index contributed by atoms with van der Waals surface area (Å²) in [6, 6.07) is 7.05. The van der Waals surface area contributed by atoms with E-state index in [1.807, 2.05) is 0 Å². The SMILES string of the molecule is N#Cc1cnc2ccc(=O)n(CCC34CCC(N)(CC3)CO4)c2c1. The van der Waals surface area contributed by atoms with E-state index in [1.165, 1.54) is 12.3 Å². The Labute approximate surface area is 139 Å². The second kappa shape index (κ2) is 5.40. The van der Waals surface area contributed by atoms with E-state index in [4.69, 9.17) is 15.7 Å². The lowest BCUT2D eigenvalue weighted by molar-refractivity contribution is -0.157. The van der Waals surface area contributed by atoms with Crippen molar-refractivity contribution in [1.82, 2.24) is 9.55 Å². The summed E-state index contributed by atoms with van der Waals surface area (Å²) in [7, 11) is 0. The standard InChI is InChI=1S/C18H20N4O2/c19-10-13-9-15-14(21-11-13)1-2-16(23)22(15)8-7-18-5-3-17(20,4-6-18)12-24-18/h1-2,9,11H,3-8,12,20H2. The fourth-order valence-electron chi connectivity index (χ4n) is 3.89. The summed E-state index contributed by atoms with van der Waals surface area (Å²) >= 11 is 0. The van der Waals surface area contributed by atoms with Crippen molar-refractivity contribution in [2.45, 2.75) is 49.8 Å². The minimum absolute atomic E-state index is 0.0735. The van der Waals surface area contributed by atoms with E-state index in [2.05, 4.69) is 11.1 Å². The van der Waals surface area contributed by atoms with Gasteiger partial charge in [0.2, 0.25) is 0 Å². The van der Waals surface area contributed by atoms with Crippen LogP contribution in [0.3, 0.4) is 0 Å². The van der Waals surface area contributed by atoms with Crippen LogP contribution in [-0.2, 0) is 11.3 Å². The predicted octanol–water partition coefficient (Wildman–Crippen LogP) is 1.70. The molecule has 2 aromatic rings. The Hall–Kier alpha value is -2.23. The van der Waals surface area contributed by atoms with Crippen LogP contribution in [0.25, 0.3) is 11.0 Å². The maximum atomic E-state index is 12.4. The summed E-state index contributed by atoms with van der Waals surface area (Å²) in [5.41, 5.74) is 7.77. The van der Waals surface area contributed by atoms with E-state index in [1.54, 1.807) is 16.7 Å². The molecule has 6 heteroatoms. The van der Waals surface area contributed by atoms with Crippen molar-refractivity contribution in [3.05, 3.63) is 40.3 Å². The zero-order valence-electron chi connectivity index (χ0n) is 13.5. The highest BCUT2D eigenvalue weighted by Gasteiger charge is 2.47. The van der Waals surface area contributed by atoms with Gasteiger partial charge >= 0.3 is 0 Å². The van der Waals surface area contributed by atoms with Crippen LogP contribution in [-0.4, -0.2) is 27.3 Å². The van der Waals surface area contributed by atoms with Crippen LogP contribution >= 0.6 is 0 Å². The minimum Gasteiger partial charge on any atom is -0.373 e. The monoisotopic (exact) mass is 324 g/mol. The first-order valence-electron chi connectivity index (χ1n) is 8.35. The highest BCUT2D eigenvalue weighted by Crippen LogP contribution is 2.44. The summed E-state index contributed by atoms with van der Waals surface area (Å²) in [5, 5.41) is 9.09. The normalized spacial score (nSPS) is 28.8. The van der Waals surface area contributed by atoms with Crippen molar-refractivity contribution in [3.8, 4) is 6.07 Å². The Balaban J connectivity index is 1.64. The molecule has 6 nitrogen and oxygen atoms in total. The quantitative estimate of drug-likeness (QED) is 0.927. The topological polar surface area (TPSA) is 93.9 Å². The van der Waals surface area contributed by atoms with E-state index < -0.39 is 0 Å². The third-order valence-electron chi connectivity index (χ3n) is 5.58. The van der Waals surface area contributed by atoms with Crippen LogP contribution in [0.4, 0.5) is 0 Å². The first kappa shape index (κ1) is 15.3. The number of rotatable bonds is 3. The lowest BCUT2D eigenvalue weighted by Gasteiger charge is -2.51. The van der Waals surface area contributed by atoms with Crippen LogP contribution in [0, 0.1) is 11.3 Å². The Kier molecular flexibility index (Phi) is 3.44. The number of nitrogens with zero attached hydrogens (tertiary/aromatic N) is 3. The number of nitrogens with two attached hydrogens (primary N) is 1. The molecule has 2 N–H and O–H groups in total. The van der Waals surface area contributed by atoms with E-state index >= 15 is 0 Å². The molecule has 24 heavy (non-hydrogen) atoms. The Morgan fingerprint density at radius 1 is 1.33 bits per heavy atom. The number of fused-ring (bicyclic) bond motifs is 4. The first-order valence-corrected chi connectivity index (χ1v) is 8.35. The van der Waals surface area contributed by atoms with Gasteiger partial charge in [0.05, 0.1) is 28.8 Å². The molecule has 0 unspecified atom stereocenters. The summed E-state index contributed by atoms with van der Waals surface area (Å²) in [4.78, 5) is 16.6. The smallest absolute Gasteiger partial charge is 0.251 e. The van der Waals surface area contributed by atoms with Gasteiger partial charge in [-0.15, -0.1) is 0 Å². The van der Waals surface area contributed by atoms with Gasteiger partial charge in [-0.1, -0.05) is 0 Å². The molecule has 4 heterocycles. The van der Waals surface area contributed by atoms with Crippen molar-refractivity contribution in [3.63, 3.8) is 0 Å². The van der Waals surface area contributed by atoms with Crippen molar-refractivity contribution in [1.29, 1.82) is 5.26 Å². The molecule has 2 aromatic heterocycles. The van der Waals surface area contributed by atoms with Gasteiger partial charge in [-0.25, -0.2) is 0 Å². The second-order valence-electron chi connectivity index (χ2n) is 7.15. The molecule has 2 saturated heterocycles. The number of aromatic nitrogens is 2. The number of pyridine rings is 2. The molecular formula is C18H20N4O2. The van der Waals surface area contributed by atoms with E-state index in [0.29, 0.717) is 24.2 Å². The molecule has 1 aliphatic carbocycles. The van der Waals surface area contributed by atoms with E-state index in [-0.39, 0.29) is 16.7 Å². The maximum Gasteiger partial charge on any atom is 0.251 e. The first-order chi connectivity index (χ1) is 11.5. The van der Waals surface area contributed by atoms with Crippen LogP contribution in [0.15, 0.2) is 29.2 Å². The molecule has 0 spiro atoms. The van der Waals surface area contributed by atoms with Gasteiger partial charge in [0, 0.05) is 24.3 Å². The zero-order chi connectivity index (χ0) is 16.8. The number of aryl methyl sites for hydroxylation is 1. The Morgan fingerprint density at radius 2 is 2.12 bits per heavy atom. The van der Waals surface area contributed by atoms with E-state index in [0.717, 1.165) is 37.6 Å². The number of nitriles is 1. The molecule has 5 rings (SSSR count). The summed E-state index contributed by atoms with van der Waals surface area (Å²) < 4.78 is 7.79. The third-order valence-corrected chi connectivity index (χ3v) is 5.58. The molecular weight excluding hydrogens is 304 g/mol.